The Balaban J connectivity index is 2.06. The van der Waals surface area contributed by atoms with E-state index in [9.17, 15) is 9.90 Å². The molecule has 4 nitrogen and oxygen atoms in total. The predicted molar refractivity (Wildman–Crippen MR) is 75.9 cm³/mol. The molecule has 0 heterocycles. The topological polar surface area (TPSA) is 55.8 Å². The van der Waals surface area contributed by atoms with Gasteiger partial charge in [-0.05, 0) is 23.3 Å². The molecule has 0 unspecified atom stereocenters. The number of ether oxygens (including phenoxy) is 2. The maximum Gasteiger partial charge on any atom is 0.224 e. The highest BCUT2D eigenvalue weighted by molar-refractivity contribution is 5.38. The number of hydrogen-bond donors (Lipinski definition) is 1. The average molecular weight is 272 g/mol. The van der Waals surface area contributed by atoms with E-state index in [2.05, 4.69) is 0 Å². The van der Waals surface area contributed by atoms with Crippen LogP contribution in [0.25, 0.3) is 0 Å². The lowest BCUT2D eigenvalue weighted by Gasteiger charge is -2.02. The van der Waals surface area contributed by atoms with E-state index in [1.807, 2.05) is 30.3 Å². The molecule has 0 aliphatic rings. The van der Waals surface area contributed by atoms with Crippen LogP contribution in [-0.2, 0) is 18.0 Å². The van der Waals surface area contributed by atoms with Crippen molar-refractivity contribution in [3.8, 4) is 11.5 Å². The van der Waals surface area contributed by atoms with Crippen molar-refractivity contribution >= 4 is 0 Å². The first-order valence-corrected chi connectivity index (χ1v) is 6.22. The molecule has 0 spiro atoms. The molecule has 0 radical (unpaired) electrons. The zero-order valence-electron chi connectivity index (χ0n) is 11.2. The Morgan fingerprint density at radius 3 is 2.40 bits per heavy atom. The Labute approximate surface area is 117 Å². The van der Waals surface area contributed by atoms with Gasteiger partial charge in [0.05, 0.1) is 20.3 Å². The summed E-state index contributed by atoms with van der Waals surface area (Å²) >= 11 is 0. The molecule has 20 heavy (non-hydrogen) atoms. The lowest BCUT2D eigenvalue weighted by molar-refractivity contribution is 0.107. The molecule has 0 saturated heterocycles. The van der Waals surface area contributed by atoms with Gasteiger partial charge in [0.1, 0.15) is 0 Å². The van der Waals surface area contributed by atoms with Gasteiger partial charge >= 0.3 is 0 Å². The molecule has 0 aromatic heterocycles. The number of aromatic hydroxyl groups is 1. The molecule has 0 aliphatic heterocycles. The van der Waals surface area contributed by atoms with Crippen LogP contribution in [0.4, 0.5) is 0 Å². The van der Waals surface area contributed by atoms with Crippen LogP contribution >= 0.6 is 0 Å². The van der Waals surface area contributed by atoms with Crippen molar-refractivity contribution in [2.24, 2.45) is 0 Å². The first-order valence-electron chi connectivity index (χ1n) is 6.22. The van der Waals surface area contributed by atoms with Gasteiger partial charge in [0.2, 0.25) is 11.2 Å². The van der Waals surface area contributed by atoms with Crippen molar-refractivity contribution in [1.82, 2.24) is 0 Å². The van der Waals surface area contributed by atoms with Crippen molar-refractivity contribution in [1.29, 1.82) is 0 Å². The average Bonchev–Trinajstić information content (AvgIpc) is 2.59. The second kappa shape index (κ2) is 6.73. The normalized spacial score (nSPS) is 10.2. The van der Waals surface area contributed by atoms with Gasteiger partial charge in [0, 0.05) is 0 Å². The van der Waals surface area contributed by atoms with Gasteiger partial charge in [0.25, 0.3) is 0 Å². The van der Waals surface area contributed by atoms with Crippen LogP contribution in [0.2, 0.25) is 0 Å². The van der Waals surface area contributed by atoms with E-state index in [1.165, 1.54) is 19.2 Å². The van der Waals surface area contributed by atoms with E-state index in [-0.39, 0.29) is 16.9 Å². The predicted octanol–water partition coefficient (Wildman–Crippen LogP) is 2.48. The van der Waals surface area contributed by atoms with Crippen molar-refractivity contribution < 1.29 is 14.6 Å². The highest BCUT2D eigenvalue weighted by Gasteiger charge is 2.05. The minimum Gasteiger partial charge on any atom is -0.504 e. The number of benzene rings is 1. The third kappa shape index (κ3) is 3.59. The van der Waals surface area contributed by atoms with Gasteiger partial charge in [-0.2, -0.15) is 0 Å². The van der Waals surface area contributed by atoms with Crippen LogP contribution in [0.3, 0.4) is 0 Å². The molecule has 104 valence electrons. The first-order chi connectivity index (χ1) is 9.70. The molecule has 2 aromatic rings. The van der Waals surface area contributed by atoms with E-state index < -0.39 is 0 Å². The SMILES string of the molecule is COc1c(O)ccc(COCc2ccccc2)cc1=O. The summed E-state index contributed by atoms with van der Waals surface area (Å²) in [6, 6.07) is 14.3. The van der Waals surface area contributed by atoms with Gasteiger partial charge in [-0.1, -0.05) is 36.4 Å². The van der Waals surface area contributed by atoms with Gasteiger partial charge in [0.15, 0.2) is 5.75 Å². The number of rotatable bonds is 5. The van der Waals surface area contributed by atoms with E-state index in [1.54, 1.807) is 6.07 Å². The standard InChI is InChI=1S/C16H16O4/c1-19-16-14(17)8-7-13(9-15(16)18)11-20-10-12-5-3-2-4-6-12/h2-9,17H,10-11H2,1H3. The van der Waals surface area contributed by atoms with Crippen LogP contribution in [0.1, 0.15) is 11.1 Å². The monoisotopic (exact) mass is 272 g/mol. The molecule has 0 fully saturated rings. The zero-order valence-corrected chi connectivity index (χ0v) is 11.2. The highest BCUT2D eigenvalue weighted by Crippen LogP contribution is 2.19. The van der Waals surface area contributed by atoms with E-state index >= 15 is 0 Å². The summed E-state index contributed by atoms with van der Waals surface area (Å²) in [5.74, 6) is -0.230. The molecule has 0 saturated carbocycles. The third-order valence-corrected chi connectivity index (χ3v) is 2.81. The molecule has 0 amide bonds. The summed E-state index contributed by atoms with van der Waals surface area (Å²) in [6.07, 6.45) is 0. The Morgan fingerprint density at radius 2 is 1.70 bits per heavy atom. The Bertz CT molecular complexity index is 623. The van der Waals surface area contributed by atoms with E-state index in [0.717, 1.165) is 5.56 Å². The van der Waals surface area contributed by atoms with E-state index in [0.29, 0.717) is 18.8 Å². The fraction of sp³-hybridized carbons (Fsp3) is 0.188. The maximum atomic E-state index is 11.8. The molecule has 1 N–H and O–H groups in total. The Hall–Kier alpha value is -2.33. The maximum absolute atomic E-state index is 11.8. The molecule has 2 aromatic carbocycles. The second-order valence-corrected chi connectivity index (χ2v) is 4.31. The molecule has 0 aliphatic carbocycles. The smallest absolute Gasteiger partial charge is 0.224 e. The molecule has 0 bridgehead atoms. The van der Waals surface area contributed by atoms with Gasteiger partial charge in [-0.3, -0.25) is 4.79 Å². The Morgan fingerprint density at radius 1 is 1.00 bits per heavy atom. The quantitative estimate of drug-likeness (QED) is 0.908. The minimum atomic E-state index is -0.367. The van der Waals surface area contributed by atoms with Gasteiger partial charge in [-0.15, -0.1) is 0 Å². The molecular formula is C16H16O4. The summed E-state index contributed by atoms with van der Waals surface area (Å²) in [4.78, 5) is 11.8. The lowest BCUT2D eigenvalue weighted by atomic mass is 10.2. The largest absolute Gasteiger partial charge is 0.504 e. The summed E-state index contributed by atoms with van der Waals surface area (Å²) < 4.78 is 10.4. The van der Waals surface area contributed by atoms with Gasteiger partial charge < -0.3 is 14.6 Å². The molecular weight excluding hydrogens is 256 g/mol. The molecule has 2 rings (SSSR count). The zero-order chi connectivity index (χ0) is 14.4. The van der Waals surface area contributed by atoms with Crippen LogP contribution in [-0.4, -0.2) is 12.2 Å². The minimum absolute atomic E-state index is 0.0562. The van der Waals surface area contributed by atoms with Crippen LogP contribution in [0.15, 0.2) is 53.3 Å². The van der Waals surface area contributed by atoms with Crippen LogP contribution in [0, 0.1) is 0 Å². The van der Waals surface area contributed by atoms with Gasteiger partial charge in [-0.25, -0.2) is 0 Å². The first kappa shape index (κ1) is 14.1. The number of hydrogen-bond acceptors (Lipinski definition) is 4. The van der Waals surface area contributed by atoms with Crippen LogP contribution in [0.5, 0.6) is 11.5 Å². The summed E-state index contributed by atoms with van der Waals surface area (Å²) in [5, 5.41) is 9.61. The Kier molecular flexibility index (Phi) is 4.74. The second-order valence-electron chi connectivity index (χ2n) is 4.31. The van der Waals surface area contributed by atoms with Crippen molar-refractivity contribution in [2.45, 2.75) is 13.2 Å². The highest BCUT2D eigenvalue weighted by atomic mass is 16.5. The fourth-order valence-electron chi connectivity index (χ4n) is 1.83. The summed E-state index contributed by atoms with van der Waals surface area (Å²) in [5.41, 5.74) is 1.38. The molecule has 0 atom stereocenters. The summed E-state index contributed by atoms with van der Waals surface area (Å²) in [6.45, 7) is 0.762. The fourth-order valence-corrected chi connectivity index (χ4v) is 1.83. The van der Waals surface area contributed by atoms with Crippen molar-refractivity contribution in [3.63, 3.8) is 0 Å². The van der Waals surface area contributed by atoms with Crippen LogP contribution < -0.4 is 10.2 Å². The van der Waals surface area contributed by atoms with E-state index in [4.69, 9.17) is 9.47 Å². The lowest BCUT2D eigenvalue weighted by Crippen LogP contribution is -2.02. The molecule has 4 heteroatoms. The summed E-state index contributed by atoms with van der Waals surface area (Å²) in [7, 11) is 1.35. The third-order valence-electron chi connectivity index (χ3n) is 2.81. The number of methoxy groups -OCH3 is 1. The van der Waals surface area contributed by atoms with Crippen molar-refractivity contribution in [2.75, 3.05) is 7.11 Å². The van der Waals surface area contributed by atoms with Crippen molar-refractivity contribution in [3.05, 3.63) is 69.9 Å².